The number of amides is 1. The number of benzene rings is 1. The lowest BCUT2D eigenvalue weighted by molar-refractivity contribution is 0.101. The summed E-state index contributed by atoms with van der Waals surface area (Å²) in [5, 5.41) is 7.56. The number of nitrogens with one attached hydrogen (secondary N) is 1. The lowest BCUT2D eigenvalue weighted by Gasteiger charge is -2.15. The van der Waals surface area contributed by atoms with E-state index in [1.165, 1.54) is 0 Å². The van der Waals surface area contributed by atoms with Crippen LogP contribution in [0.4, 0.5) is 5.69 Å². The third kappa shape index (κ3) is 4.05. The van der Waals surface area contributed by atoms with E-state index in [1.807, 2.05) is 12.1 Å². The van der Waals surface area contributed by atoms with Crippen LogP contribution in [0, 0.1) is 0 Å². The van der Waals surface area contributed by atoms with Crippen molar-refractivity contribution in [1.82, 2.24) is 14.8 Å². The van der Waals surface area contributed by atoms with Gasteiger partial charge in [0.1, 0.15) is 11.4 Å². The topological polar surface area (TPSA) is 103 Å². The van der Waals surface area contributed by atoms with Crippen LogP contribution in [0.5, 0.6) is 11.6 Å². The molecule has 5 rings (SSSR count). The number of pyridine rings is 1. The molecular weight excluding hydrogens is 416 g/mol. The zero-order valence-electron chi connectivity index (χ0n) is 16.8. The fourth-order valence-electron chi connectivity index (χ4n) is 4.21. The first kappa shape index (κ1) is 19.7. The van der Waals surface area contributed by atoms with Crippen molar-refractivity contribution < 1.29 is 17.9 Å². The molecule has 0 bridgehead atoms. The monoisotopic (exact) mass is 438 g/mol. The number of carbonyl (C=O) groups excluding carboxylic acids is 1. The minimum atomic E-state index is -3.08. The van der Waals surface area contributed by atoms with E-state index >= 15 is 0 Å². The number of fused-ring (bicyclic) bond motifs is 1. The number of nitrogens with zero attached hydrogens (tertiary/aromatic N) is 3. The van der Waals surface area contributed by atoms with Gasteiger partial charge in [-0.3, -0.25) is 9.48 Å². The maximum atomic E-state index is 13.2. The summed E-state index contributed by atoms with van der Waals surface area (Å²) in [6.45, 7) is 0. The van der Waals surface area contributed by atoms with E-state index in [-0.39, 0.29) is 23.5 Å². The lowest BCUT2D eigenvalue weighted by Crippen LogP contribution is -2.23. The molecule has 0 unspecified atom stereocenters. The van der Waals surface area contributed by atoms with E-state index in [4.69, 9.17) is 4.74 Å². The Labute approximate surface area is 180 Å². The SMILES string of the molecule is O=C(Nc1ccc(Oc2ccccn2)cc1)c1c2c(nn1[C@@H]1CCS(=O)(=O)C1)CCC2. The van der Waals surface area contributed by atoms with Crippen molar-refractivity contribution in [2.24, 2.45) is 0 Å². The van der Waals surface area contributed by atoms with Gasteiger partial charge in [-0.15, -0.1) is 0 Å². The molecule has 2 aliphatic rings. The van der Waals surface area contributed by atoms with Crippen molar-refractivity contribution >= 4 is 21.4 Å². The molecule has 9 heteroatoms. The van der Waals surface area contributed by atoms with Gasteiger partial charge in [-0.25, -0.2) is 13.4 Å². The van der Waals surface area contributed by atoms with Crippen molar-refractivity contribution in [3.05, 3.63) is 65.6 Å². The van der Waals surface area contributed by atoms with Gasteiger partial charge in [0.25, 0.3) is 5.91 Å². The summed E-state index contributed by atoms with van der Waals surface area (Å²) in [6.07, 6.45) is 4.71. The molecule has 1 fully saturated rings. The first-order valence-corrected chi connectivity index (χ1v) is 12.1. The molecule has 2 aromatic heterocycles. The van der Waals surface area contributed by atoms with Crippen LogP contribution >= 0.6 is 0 Å². The fraction of sp³-hybridized carbons (Fsp3) is 0.318. The molecule has 1 aromatic carbocycles. The van der Waals surface area contributed by atoms with Crippen LogP contribution in [0.1, 0.15) is 40.6 Å². The maximum Gasteiger partial charge on any atom is 0.274 e. The average Bonchev–Trinajstić information content (AvgIpc) is 3.44. The van der Waals surface area contributed by atoms with Crippen LogP contribution in [-0.4, -0.2) is 40.6 Å². The molecule has 1 saturated heterocycles. The minimum absolute atomic E-state index is 0.0351. The smallest absolute Gasteiger partial charge is 0.274 e. The number of hydrogen-bond acceptors (Lipinski definition) is 6. The van der Waals surface area contributed by atoms with E-state index in [1.54, 1.807) is 41.2 Å². The van der Waals surface area contributed by atoms with Crippen LogP contribution in [0.15, 0.2) is 48.7 Å². The molecule has 1 aliphatic carbocycles. The molecule has 3 aromatic rings. The van der Waals surface area contributed by atoms with E-state index in [0.29, 0.717) is 29.4 Å². The summed E-state index contributed by atoms with van der Waals surface area (Å²) in [6, 6.07) is 12.2. The highest BCUT2D eigenvalue weighted by molar-refractivity contribution is 7.91. The first-order valence-electron chi connectivity index (χ1n) is 10.3. The van der Waals surface area contributed by atoms with Crippen LogP contribution in [0.3, 0.4) is 0 Å². The summed E-state index contributed by atoms with van der Waals surface area (Å²) >= 11 is 0. The van der Waals surface area contributed by atoms with Gasteiger partial charge < -0.3 is 10.1 Å². The molecule has 1 atom stereocenters. The zero-order valence-corrected chi connectivity index (χ0v) is 17.6. The summed E-state index contributed by atoms with van der Waals surface area (Å²) in [7, 11) is -3.08. The maximum absolute atomic E-state index is 13.2. The Kier molecular flexibility index (Phi) is 4.97. The quantitative estimate of drug-likeness (QED) is 0.656. The van der Waals surface area contributed by atoms with E-state index in [0.717, 1.165) is 30.5 Å². The second-order valence-electron chi connectivity index (χ2n) is 7.88. The van der Waals surface area contributed by atoms with Crippen molar-refractivity contribution in [3.63, 3.8) is 0 Å². The summed E-state index contributed by atoms with van der Waals surface area (Å²) in [5.41, 5.74) is 2.96. The molecule has 160 valence electrons. The summed E-state index contributed by atoms with van der Waals surface area (Å²) in [5.74, 6) is 1.01. The van der Waals surface area contributed by atoms with Crippen molar-refractivity contribution in [2.45, 2.75) is 31.7 Å². The fourth-order valence-corrected chi connectivity index (χ4v) is 5.90. The number of ether oxygens (including phenoxy) is 1. The normalized spacial score (nSPS) is 19.2. The van der Waals surface area contributed by atoms with E-state index in [2.05, 4.69) is 15.4 Å². The Morgan fingerprint density at radius 1 is 1.13 bits per heavy atom. The molecule has 1 amide bonds. The largest absolute Gasteiger partial charge is 0.439 e. The van der Waals surface area contributed by atoms with E-state index in [9.17, 15) is 13.2 Å². The standard InChI is InChI=1S/C22H22N4O4S/c27-22(24-15-7-9-17(10-8-15)30-20-6-1-2-12-23-20)21-18-4-3-5-19(18)25-26(21)16-11-13-31(28,29)14-16/h1-2,6-10,12,16H,3-5,11,13-14H2,(H,24,27)/t16-/m1/s1. The number of sulfone groups is 1. The molecule has 8 nitrogen and oxygen atoms in total. The van der Waals surface area contributed by atoms with Crippen LogP contribution in [0.2, 0.25) is 0 Å². The molecule has 3 heterocycles. The molecule has 1 aliphatic heterocycles. The number of anilines is 1. The van der Waals surface area contributed by atoms with E-state index < -0.39 is 9.84 Å². The second-order valence-corrected chi connectivity index (χ2v) is 10.1. The third-order valence-electron chi connectivity index (χ3n) is 5.67. The van der Waals surface area contributed by atoms with Crippen LogP contribution in [-0.2, 0) is 22.7 Å². The van der Waals surface area contributed by atoms with Gasteiger partial charge in [-0.1, -0.05) is 6.07 Å². The first-order chi connectivity index (χ1) is 15.0. The zero-order chi connectivity index (χ0) is 21.4. The number of aromatic nitrogens is 3. The van der Waals surface area contributed by atoms with Crippen LogP contribution < -0.4 is 10.1 Å². The van der Waals surface area contributed by atoms with Gasteiger partial charge in [0.2, 0.25) is 5.88 Å². The molecule has 0 spiro atoms. The second kappa shape index (κ2) is 7.81. The van der Waals surface area contributed by atoms with Crippen molar-refractivity contribution in [1.29, 1.82) is 0 Å². The number of hydrogen-bond donors (Lipinski definition) is 1. The van der Waals surface area contributed by atoms with Gasteiger partial charge in [-0.05, 0) is 56.0 Å². The average molecular weight is 439 g/mol. The third-order valence-corrected chi connectivity index (χ3v) is 7.42. The number of rotatable bonds is 5. The Bertz CT molecular complexity index is 1220. The Balaban J connectivity index is 1.36. The Morgan fingerprint density at radius 3 is 2.68 bits per heavy atom. The molecule has 31 heavy (non-hydrogen) atoms. The van der Waals surface area contributed by atoms with Crippen molar-refractivity contribution in [3.8, 4) is 11.6 Å². The molecular formula is C22H22N4O4S. The van der Waals surface area contributed by atoms with Crippen molar-refractivity contribution in [2.75, 3.05) is 16.8 Å². The Morgan fingerprint density at radius 2 is 1.97 bits per heavy atom. The lowest BCUT2D eigenvalue weighted by atomic mass is 10.1. The summed E-state index contributed by atoms with van der Waals surface area (Å²) < 4.78 is 31.3. The van der Waals surface area contributed by atoms with Gasteiger partial charge in [0.05, 0.1) is 23.2 Å². The summed E-state index contributed by atoms with van der Waals surface area (Å²) in [4.78, 5) is 17.3. The van der Waals surface area contributed by atoms with Gasteiger partial charge in [-0.2, -0.15) is 5.10 Å². The highest BCUT2D eigenvalue weighted by atomic mass is 32.2. The number of carbonyl (C=O) groups is 1. The molecule has 0 saturated carbocycles. The van der Waals surface area contributed by atoms with Gasteiger partial charge >= 0.3 is 0 Å². The number of aryl methyl sites for hydroxylation is 1. The minimum Gasteiger partial charge on any atom is -0.439 e. The van der Waals surface area contributed by atoms with Gasteiger partial charge in [0, 0.05) is 23.5 Å². The molecule has 1 N–H and O–H groups in total. The predicted octanol–water partition coefficient (Wildman–Crippen LogP) is 3.17. The highest BCUT2D eigenvalue weighted by Crippen LogP contribution is 2.32. The van der Waals surface area contributed by atoms with Crippen LogP contribution in [0.25, 0.3) is 0 Å². The predicted molar refractivity (Wildman–Crippen MR) is 115 cm³/mol. The highest BCUT2D eigenvalue weighted by Gasteiger charge is 2.35. The van der Waals surface area contributed by atoms with Gasteiger partial charge in [0.15, 0.2) is 9.84 Å². The Hall–Kier alpha value is -3.20. The molecule has 0 radical (unpaired) electrons.